The number of carbonyl (C=O) groups is 1. The molecular weight excluding hydrogens is 332 g/mol. The van der Waals surface area contributed by atoms with Crippen molar-refractivity contribution in [3.05, 3.63) is 42.2 Å². The molecule has 0 radical (unpaired) electrons. The molecule has 7 heteroatoms. The average molecular weight is 356 g/mol. The van der Waals surface area contributed by atoms with Crippen molar-refractivity contribution >= 4 is 5.91 Å². The highest BCUT2D eigenvalue weighted by atomic mass is 16.5. The Labute approximate surface area is 152 Å². The minimum absolute atomic E-state index is 0.0266. The average Bonchev–Trinajstić information content (AvgIpc) is 3.04. The zero-order valence-corrected chi connectivity index (χ0v) is 14.9. The van der Waals surface area contributed by atoms with Crippen molar-refractivity contribution in [3.63, 3.8) is 0 Å². The smallest absolute Gasteiger partial charge is 0.226 e. The van der Waals surface area contributed by atoms with Crippen LogP contribution >= 0.6 is 0 Å². The normalized spacial score (nSPS) is 24.7. The lowest BCUT2D eigenvalue weighted by atomic mass is 9.81. The summed E-state index contributed by atoms with van der Waals surface area (Å²) in [6.45, 7) is 4.03. The van der Waals surface area contributed by atoms with Gasteiger partial charge in [0.05, 0.1) is 24.9 Å². The van der Waals surface area contributed by atoms with E-state index in [0.29, 0.717) is 26.0 Å². The summed E-state index contributed by atoms with van der Waals surface area (Å²) in [6, 6.07) is 3.70. The number of carbonyl (C=O) groups excluding carboxylic acids is 1. The van der Waals surface area contributed by atoms with Crippen LogP contribution in [0.5, 0.6) is 5.75 Å². The third-order valence-corrected chi connectivity index (χ3v) is 5.38. The van der Waals surface area contributed by atoms with Crippen LogP contribution in [0.4, 0.5) is 0 Å². The molecule has 1 atom stereocenters. The standard InChI is InChI=1S/C19H24N4O3/c1-13-18-21-11-15(4-8-26-17-3-2-5-20-12-17)23(18)7-6-22(13)19(25)14-9-16(24)10-14/h2-3,5,11-14,16,24H,4,6-10H2,1H3. The van der Waals surface area contributed by atoms with Gasteiger partial charge in [0.2, 0.25) is 5.91 Å². The van der Waals surface area contributed by atoms with Crippen molar-refractivity contribution in [3.8, 4) is 5.75 Å². The molecule has 7 nitrogen and oxygen atoms in total. The molecular formula is C19H24N4O3. The first-order valence-electron chi connectivity index (χ1n) is 9.19. The van der Waals surface area contributed by atoms with Gasteiger partial charge in [0.25, 0.3) is 0 Å². The van der Waals surface area contributed by atoms with E-state index in [0.717, 1.165) is 30.2 Å². The summed E-state index contributed by atoms with van der Waals surface area (Å²) in [5.41, 5.74) is 1.13. The summed E-state index contributed by atoms with van der Waals surface area (Å²) >= 11 is 0. The lowest BCUT2D eigenvalue weighted by Gasteiger charge is -2.40. The van der Waals surface area contributed by atoms with E-state index in [9.17, 15) is 9.90 Å². The van der Waals surface area contributed by atoms with Gasteiger partial charge in [-0.05, 0) is 31.9 Å². The van der Waals surface area contributed by atoms with E-state index in [-0.39, 0.29) is 24.0 Å². The maximum atomic E-state index is 12.6. The number of rotatable bonds is 5. The summed E-state index contributed by atoms with van der Waals surface area (Å²) < 4.78 is 7.93. The van der Waals surface area contributed by atoms with Gasteiger partial charge in [0.1, 0.15) is 11.6 Å². The van der Waals surface area contributed by atoms with Gasteiger partial charge >= 0.3 is 0 Å². The lowest BCUT2D eigenvalue weighted by Crippen LogP contribution is -2.48. The first-order chi connectivity index (χ1) is 12.6. The number of aromatic nitrogens is 3. The zero-order chi connectivity index (χ0) is 18.1. The van der Waals surface area contributed by atoms with Crippen LogP contribution in [-0.4, -0.2) is 49.7 Å². The molecule has 4 rings (SSSR count). The van der Waals surface area contributed by atoms with E-state index in [2.05, 4.69) is 14.5 Å². The SMILES string of the molecule is CC1c2ncc(CCOc3cccnc3)n2CCN1C(=O)C1CC(O)C1. The number of amides is 1. The Morgan fingerprint density at radius 3 is 2.92 bits per heavy atom. The summed E-state index contributed by atoms with van der Waals surface area (Å²) in [5.74, 6) is 1.82. The third-order valence-electron chi connectivity index (χ3n) is 5.38. The number of ether oxygens (including phenoxy) is 1. The van der Waals surface area contributed by atoms with Crippen molar-refractivity contribution in [1.29, 1.82) is 0 Å². The van der Waals surface area contributed by atoms with E-state index in [1.807, 2.05) is 30.2 Å². The molecule has 0 bridgehead atoms. The topological polar surface area (TPSA) is 80.5 Å². The molecule has 1 N–H and O–H groups in total. The van der Waals surface area contributed by atoms with Crippen LogP contribution in [0, 0.1) is 5.92 Å². The van der Waals surface area contributed by atoms with Gasteiger partial charge in [0, 0.05) is 43.5 Å². The lowest BCUT2D eigenvalue weighted by molar-refractivity contribution is -0.145. The van der Waals surface area contributed by atoms with Gasteiger partial charge in [0.15, 0.2) is 0 Å². The number of nitrogens with zero attached hydrogens (tertiary/aromatic N) is 4. The summed E-state index contributed by atoms with van der Waals surface area (Å²) in [7, 11) is 0. The Morgan fingerprint density at radius 1 is 1.35 bits per heavy atom. The Morgan fingerprint density at radius 2 is 2.19 bits per heavy atom. The maximum Gasteiger partial charge on any atom is 0.226 e. The number of hydrogen-bond acceptors (Lipinski definition) is 5. The van der Waals surface area contributed by atoms with Crippen molar-refractivity contribution in [2.45, 2.75) is 44.9 Å². The largest absolute Gasteiger partial charge is 0.492 e. The second-order valence-electron chi connectivity index (χ2n) is 7.08. The maximum absolute atomic E-state index is 12.6. The van der Waals surface area contributed by atoms with Gasteiger partial charge < -0.3 is 19.3 Å². The molecule has 2 aromatic rings. The summed E-state index contributed by atoms with van der Waals surface area (Å²) in [4.78, 5) is 23.2. The molecule has 0 spiro atoms. The molecule has 0 aromatic carbocycles. The van der Waals surface area contributed by atoms with Gasteiger partial charge in [-0.1, -0.05) is 0 Å². The minimum atomic E-state index is -0.308. The highest BCUT2D eigenvalue weighted by molar-refractivity contribution is 5.80. The fourth-order valence-corrected chi connectivity index (χ4v) is 3.79. The summed E-state index contributed by atoms with van der Waals surface area (Å²) in [6.07, 6.45) is 6.95. The van der Waals surface area contributed by atoms with E-state index >= 15 is 0 Å². The molecule has 2 aliphatic rings. The van der Waals surface area contributed by atoms with Crippen molar-refractivity contribution in [2.24, 2.45) is 5.92 Å². The van der Waals surface area contributed by atoms with E-state index in [1.165, 1.54) is 0 Å². The molecule has 1 aliphatic carbocycles. The Hall–Kier alpha value is -2.41. The molecule has 1 amide bonds. The van der Waals surface area contributed by atoms with Gasteiger partial charge in [-0.25, -0.2) is 4.98 Å². The Kier molecular flexibility index (Phi) is 4.63. The van der Waals surface area contributed by atoms with E-state index in [1.54, 1.807) is 12.4 Å². The molecule has 1 unspecified atom stereocenters. The number of hydrogen-bond donors (Lipinski definition) is 1. The Bertz CT molecular complexity index is 770. The highest BCUT2D eigenvalue weighted by Crippen LogP contribution is 2.33. The van der Waals surface area contributed by atoms with Crippen LogP contribution in [-0.2, 0) is 17.8 Å². The molecule has 1 saturated carbocycles. The van der Waals surface area contributed by atoms with Gasteiger partial charge in [-0.2, -0.15) is 0 Å². The predicted molar refractivity (Wildman–Crippen MR) is 94.5 cm³/mol. The van der Waals surface area contributed by atoms with Gasteiger partial charge in [-0.3, -0.25) is 9.78 Å². The summed E-state index contributed by atoms with van der Waals surface area (Å²) in [5, 5.41) is 9.45. The van der Waals surface area contributed by atoms with Crippen LogP contribution in [0.15, 0.2) is 30.7 Å². The van der Waals surface area contributed by atoms with Gasteiger partial charge in [-0.15, -0.1) is 0 Å². The number of aliphatic hydroxyl groups is 1. The first-order valence-corrected chi connectivity index (χ1v) is 9.19. The molecule has 138 valence electrons. The molecule has 26 heavy (non-hydrogen) atoms. The van der Waals surface area contributed by atoms with E-state index < -0.39 is 0 Å². The molecule has 0 saturated heterocycles. The third kappa shape index (κ3) is 3.19. The van der Waals surface area contributed by atoms with Crippen molar-refractivity contribution in [1.82, 2.24) is 19.4 Å². The molecule has 2 aromatic heterocycles. The molecule has 1 aliphatic heterocycles. The highest BCUT2D eigenvalue weighted by Gasteiger charge is 2.39. The fourth-order valence-electron chi connectivity index (χ4n) is 3.79. The quantitative estimate of drug-likeness (QED) is 0.880. The predicted octanol–water partition coefficient (Wildman–Crippen LogP) is 1.57. The van der Waals surface area contributed by atoms with Crippen molar-refractivity contribution in [2.75, 3.05) is 13.2 Å². The number of aliphatic hydroxyl groups excluding tert-OH is 1. The van der Waals surface area contributed by atoms with Crippen LogP contribution < -0.4 is 4.74 Å². The number of fused-ring (bicyclic) bond motifs is 1. The van der Waals surface area contributed by atoms with Crippen LogP contribution in [0.2, 0.25) is 0 Å². The monoisotopic (exact) mass is 356 g/mol. The van der Waals surface area contributed by atoms with Crippen LogP contribution in [0.3, 0.4) is 0 Å². The first kappa shape index (κ1) is 17.0. The fraction of sp³-hybridized carbons (Fsp3) is 0.526. The second-order valence-corrected chi connectivity index (χ2v) is 7.08. The zero-order valence-electron chi connectivity index (χ0n) is 14.9. The second kappa shape index (κ2) is 7.07. The number of imidazole rings is 1. The molecule has 1 fully saturated rings. The van der Waals surface area contributed by atoms with Crippen molar-refractivity contribution < 1.29 is 14.6 Å². The van der Waals surface area contributed by atoms with Crippen LogP contribution in [0.1, 0.15) is 37.3 Å². The Balaban J connectivity index is 1.38. The van der Waals surface area contributed by atoms with Crippen LogP contribution in [0.25, 0.3) is 0 Å². The van der Waals surface area contributed by atoms with E-state index in [4.69, 9.17) is 4.74 Å². The molecule has 3 heterocycles. The number of pyridine rings is 1. The minimum Gasteiger partial charge on any atom is -0.492 e.